The average molecular weight is 499 g/mol. The van der Waals surface area contributed by atoms with Crippen LogP contribution < -0.4 is 4.90 Å². The monoisotopic (exact) mass is 498 g/mol. The third-order valence-corrected chi connectivity index (χ3v) is 7.67. The smallest absolute Gasteiger partial charge is 0.0992 e. The molecule has 6 aromatic rings. The van der Waals surface area contributed by atoms with Gasteiger partial charge in [-0.05, 0) is 112 Å². The number of aryl methyl sites for hydroxylation is 2. The number of hydrogen-bond donors (Lipinski definition) is 0. The van der Waals surface area contributed by atoms with Crippen molar-refractivity contribution in [2.24, 2.45) is 0 Å². The molecule has 0 fully saturated rings. The Hall–Kier alpha value is -5.13. The number of nitriles is 1. The highest BCUT2D eigenvalue weighted by atomic mass is 15.1. The summed E-state index contributed by atoms with van der Waals surface area (Å²) in [5, 5.41) is 12.2. The van der Waals surface area contributed by atoms with Gasteiger partial charge < -0.3 is 4.90 Å². The maximum Gasteiger partial charge on any atom is 0.0992 e. The minimum atomic E-state index is 0.642. The fourth-order valence-corrected chi connectivity index (χ4v) is 6.01. The van der Waals surface area contributed by atoms with Gasteiger partial charge in [0.25, 0.3) is 0 Å². The number of rotatable bonds is 4. The normalized spacial score (nSPS) is 11.3. The van der Waals surface area contributed by atoms with E-state index in [2.05, 4.69) is 128 Å². The standard InChI is InChI=1S/C37H26N2/c1-24-8-5-11-28(18-24)39(29-12-6-9-26(21-29)23-38)30-13-7-10-27(22-30)31-16-17-34-32-14-3-4-15-33(32)36-20-25(2)19-35(31)37(34)36/h3-22H,1-2H3. The van der Waals surface area contributed by atoms with Crippen molar-refractivity contribution in [2.45, 2.75) is 13.8 Å². The lowest BCUT2D eigenvalue weighted by atomic mass is 9.92. The first-order valence-electron chi connectivity index (χ1n) is 13.3. The fraction of sp³-hybridized carbons (Fsp3) is 0.0541. The highest BCUT2D eigenvalue weighted by molar-refractivity contribution is 6.19. The van der Waals surface area contributed by atoms with Crippen molar-refractivity contribution in [2.75, 3.05) is 4.90 Å². The van der Waals surface area contributed by atoms with Crippen LogP contribution in [0.25, 0.3) is 44.2 Å². The van der Waals surface area contributed by atoms with Gasteiger partial charge in [-0.25, -0.2) is 0 Å². The van der Waals surface area contributed by atoms with Gasteiger partial charge in [0.05, 0.1) is 11.6 Å². The summed E-state index contributed by atoms with van der Waals surface area (Å²) in [6.45, 7) is 4.29. The summed E-state index contributed by atoms with van der Waals surface area (Å²) in [5.41, 5.74) is 13.8. The van der Waals surface area contributed by atoms with Crippen LogP contribution in [-0.4, -0.2) is 0 Å². The first kappa shape index (κ1) is 23.0. The second-order valence-corrected chi connectivity index (χ2v) is 10.3. The molecule has 6 aromatic carbocycles. The number of hydrogen-bond acceptors (Lipinski definition) is 2. The highest BCUT2D eigenvalue weighted by Crippen LogP contribution is 2.50. The topological polar surface area (TPSA) is 27.0 Å². The summed E-state index contributed by atoms with van der Waals surface area (Å²) < 4.78 is 0. The van der Waals surface area contributed by atoms with E-state index < -0.39 is 0 Å². The molecule has 0 heterocycles. The van der Waals surface area contributed by atoms with Gasteiger partial charge >= 0.3 is 0 Å². The van der Waals surface area contributed by atoms with Crippen molar-refractivity contribution in [3.05, 3.63) is 138 Å². The largest absolute Gasteiger partial charge is 0.310 e. The third-order valence-electron chi connectivity index (χ3n) is 7.67. The van der Waals surface area contributed by atoms with Crippen LogP contribution in [0.4, 0.5) is 17.1 Å². The van der Waals surface area contributed by atoms with E-state index in [9.17, 15) is 5.26 Å². The van der Waals surface area contributed by atoms with Crippen molar-refractivity contribution >= 4 is 27.8 Å². The van der Waals surface area contributed by atoms with Gasteiger partial charge in [0.1, 0.15) is 0 Å². The van der Waals surface area contributed by atoms with Crippen LogP contribution in [0.2, 0.25) is 0 Å². The van der Waals surface area contributed by atoms with E-state index in [0.29, 0.717) is 5.56 Å². The zero-order chi connectivity index (χ0) is 26.5. The minimum absolute atomic E-state index is 0.642. The molecule has 0 unspecified atom stereocenters. The predicted molar refractivity (Wildman–Crippen MR) is 163 cm³/mol. The van der Waals surface area contributed by atoms with Crippen LogP contribution in [-0.2, 0) is 0 Å². The molecule has 0 amide bonds. The van der Waals surface area contributed by atoms with Crippen LogP contribution in [0.15, 0.2) is 121 Å². The molecule has 2 heteroatoms. The Labute approximate surface area is 229 Å². The van der Waals surface area contributed by atoms with Crippen LogP contribution in [0.3, 0.4) is 0 Å². The minimum Gasteiger partial charge on any atom is -0.310 e. The van der Waals surface area contributed by atoms with Crippen LogP contribution in [0, 0.1) is 25.2 Å². The first-order valence-corrected chi connectivity index (χ1v) is 13.3. The second kappa shape index (κ2) is 9.01. The molecule has 184 valence electrons. The van der Waals surface area contributed by atoms with E-state index in [-0.39, 0.29) is 0 Å². The van der Waals surface area contributed by atoms with E-state index in [1.165, 1.54) is 55.3 Å². The molecule has 2 nitrogen and oxygen atoms in total. The second-order valence-electron chi connectivity index (χ2n) is 10.3. The van der Waals surface area contributed by atoms with Crippen LogP contribution >= 0.6 is 0 Å². The zero-order valence-electron chi connectivity index (χ0n) is 21.9. The van der Waals surface area contributed by atoms with Crippen molar-refractivity contribution in [1.29, 1.82) is 5.26 Å². The summed E-state index contributed by atoms with van der Waals surface area (Å²) >= 11 is 0. The molecule has 0 bridgehead atoms. The molecule has 0 aromatic heterocycles. The summed E-state index contributed by atoms with van der Waals surface area (Å²) in [7, 11) is 0. The Morgan fingerprint density at radius 2 is 1.18 bits per heavy atom. The predicted octanol–water partition coefficient (Wildman–Crippen LogP) is 10.1. The molecule has 0 spiro atoms. The molecule has 1 aliphatic rings. The van der Waals surface area contributed by atoms with Gasteiger partial charge in [-0.3, -0.25) is 0 Å². The molecule has 7 rings (SSSR count). The van der Waals surface area contributed by atoms with E-state index in [0.717, 1.165) is 17.1 Å². The van der Waals surface area contributed by atoms with Gasteiger partial charge in [0.15, 0.2) is 0 Å². The third kappa shape index (κ3) is 3.79. The van der Waals surface area contributed by atoms with Crippen LogP contribution in [0.1, 0.15) is 16.7 Å². The molecule has 39 heavy (non-hydrogen) atoms. The van der Waals surface area contributed by atoms with Gasteiger partial charge in [0, 0.05) is 17.1 Å². The van der Waals surface area contributed by atoms with Crippen molar-refractivity contribution in [3.63, 3.8) is 0 Å². The SMILES string of the molecule is Cc1cccc(N(c2cccc(C#N)c2)c2cccc(-c3ccc4c5c(cc(C)cc35)-c3ccccc3-4)c2)c1. The van der Waals surface area contributed by atoms with Gasteiger partial charge in [-0.15, -0.1) is 0 Å². The lowest BCUT2D eigenvalue weighted by Crippen LogP contribution is -2.10. The lowest BCUT2D eigenvalue weighted by Gasteiger charge is -2.26. The molecule has 0 atom stereocenters. The van der Waals surface area contributed by atoms with E-state index in [4.69, 9.17) is 0 Å². The Morgan fingerprint density at radius 3 is 1.95 bits per heavy atom. The Bertz CT molecular complexity index is 1960. The molecule has 0 aliphatic heterocycles. The molecule has 0 radical (unpaired) electrons. The molecular weight excluding hydrogens is 472 g/mol. The Morgan fingerprint density at radius 1 is 0.513 bits per heavy atom. The Kier molecular flexibility index (Phi) is 5.32. The lowest BCUT2D eigenvalue weighted by molar-refractivity contribution is 1.27. The molecule has 0 saturated carbocycles. The van der Waals surface area contributed by atoms with Crippen molar-refractivity contribution in [3.8, 4) is 39.4 Å². The molecule has 0 N–H and O–H groups in total. The quantitative estimate of drug-likeness (QED) is 0.241. The van der Waals surface area contributed by atoms with Gasteiger partial charge in [-0.2, -0.15) is 5.26 Å². The van der Waals surface area contributed by atoms with Crippen LogP contribution in [0.5, 0.6) is 0 Å². The zero-order valence-corrected chi connectivity index (χ0v) is 21.9. The van der Waals surface area contributed by atoms with E-state index in [1.54, 1.807) is 0 Å². The van der Waals surface area contributed by atoms with Gasteiger partial charge in [-0.1, -0.05) is 78.9 Å². The summed E-state index contributed by atoms with van der Waals surface area (Å²) in [6, 6.07) is 45.3. The molecule has 0 saturated heterocycles. The number of anilines is 3. The molecular formula is C37H26N2. The van der Waals surface area contributed by atoms with Crippen molar-refractivity contribution in [1.82, 2.24) is 0 Å². The highest BCUT2D eigenvalue weighted by Gasteiger charge is 2.23. The first-order chi connectivity index (χ1) is 19.1. The number of benzene rings is 6. The average Bonchev–Trinajstić information content (AvgIpc) is 3.28. The molecule has 1 aliphatic carbocycles. The number of fused-ring (bicyclic) bond motifs is 3. The summed E-state index contributed by atoms with van der Waals surface area (Å²) in [4.78, 5) is 2.23. The van der Waals surface area contributed by atoms with Crippen molar-refractivity contribution < 1.29 is 0 Å². The maximum absolute atomic E-state index is 9.59. The summed E-state index contributed by atoms with van der Waals surface area (Å²) in [6.07, 6.45) is 0. The summed E-state index contributed by atoms with van der Waals surface area (Å²) in [5.74, 6) is 0. The van der Waals surface area contributed by atoms with Gasteiger partial charge in [0.2, 0.25) is 0 Å². The fourth-order valence-electron chi connectivity index (χ4n) is 6.01. The van der Waals surface area contributed by atoms with E-state index >= 15 is 0 Å². The number of nitrogens with zero attached hydrogens (tertiary/aromatic N) is 2. The maximum atomic E-state index is 9.59. The Balaban J connectivity index is 1.43. The van der Waals surface area contributed by atoms with E-state index in [1.807, 2.05) is 18.2 Å².